The normalized spacial score (nSPS) is 30.2. The highest BCUT2D eigenvalue weighted by Crippen LogP contribution is 2.58. The molecule has 3 heterocycles. The van der Waals surface area contributed by atoms with Gasteiger partial charge in [0.25, 0.3) is 0 Å². The molecule has 2 saturated carbocycles. The van der Waals surface area contributed by atoms with Gasteiger partial charge in [-0.1, -0.05) is 44.2 Å². The average Bonchev–Trinajstić information content (AvgIpc) is 4.02. The summed E-state index contributed by atoms with van der Waals surface area (Å²) in [7, 11) is -4.02. The predicted molar refractivity (Wildman–Crippen MR) is 203 cm³/mol. The molecule has 2 aromatic rings. The van der Waals surface area contributed by atoms with Crippen molar-refractivity contribution in [3.8, 4) is 11.6 Å². The summed E-state index contributed by atoms with van der Waals surface area (Å²) < 4.78 is 84.7. The number of sulfonamides is 1. The van der Waals surface area contributed by atoms with Crippen LogP contribution in [0.3, 0.4) is 0 Å². The number of carbonyl (C=O) groups excluding carboxylic acids is 4. The SMILES string of the molecule is CCOc1cnc(O[C@@H]2C[C@H]3C(=O)C[C@]4(C(=O)NS(=O)(=O)C5(C)CC5)C[C@H]4/C=C\CC[C@@H](C)C[C@@H](C)[C@H](CC(=O)O[C@H](C)C(F)(F)F)C(=O)N3C2)c2ccccc12. The van der Waals surface area contributed by atoms with E-state index in [1.54, 1.807) is 26.0 Å². The molecular weight excluding hydrogens is 768 g/mol. The minimum Gasteiger partial charge on any atom is -0.492 e. The molecule has 57 heavy (non-hydrogen) atoms. The molecule has 2 amide bonds. The monoisotopic (exact) mass is 819 g/mol. The Morgan fingerprint density at radius 2 is 1.81 bits per heavy atom. The van der Waals surface area contributed by atoms with E-state index in [9.17, 15) is 40.8 Å². The van der Waals surface area contributed by atoms with Crippen molar-refractivity contribution in [2.75, 3.05) is 13.2 Å². The van der Waals surface area contributed by atoms with Crippen molar-refractivity contribution in [2.24, 2.45) is 29.1 Å². The highest BCUT2D eigenvalue weighted by molar-refractivity contribution is 7.91. The predicted octanol–water partition coefficient (Wildman–Crippen LogP) is 6.46. The summed E-state index contributed by atoms with van der Waals surface area (Å²) in [6.07, 6.45) is -0.956. The topological polar surface area (TPSA) is 158 Å². The number of allylic oxidation sites excluding steroid dienone is 2. The fourth-order valence-corrected chi connectivity index (χ4v) is 9.57. The number of amides is 2. The minimum atomic E-state index is -4.80. The van der Waals surface area contributed by atoms with E-state index in [0.29, 0.717) is 49.8 Å². The molecule has 12 nitrogen and oxygen atoms in total. The third-order valence-corrected chi connectivity index (χ3v) is 14.4. The fourth-order valence-electron chi connectivity index (χ4n) is 8.24. The maximum atomic E-state index is 14.8. The van der Waals surface area contributed by atoms with Crippen LogP contribution >= 0.6 is 0 Å². The van der Waals surface area contributed by atoms with E-state index in [0.717, 1.165) is 12.3 Å². The summed E-state index contributed by atoms with van der Waals surface area (Å²) in [4.78, 5) is 62.2. The first-order valence-corrected chi connectivity index (χ1v) is 21.3. The van der Waals surface area contributed by atoms with Gasteiger partial charge in [0, 0.05) is 23.6 Å². The van der Waals surface area contributed by atoms with Crippen LogP contribution in [-0.2, 0) is 33.9 Å². The van der Waals surface area contributed by atoms with E-state index in [4.69, 9.17) is 14.2 Å². The van der Waals surface area contributed by atoms with Gasteiger partial charge < -0.3 is 19.1 Å². The number of nitrogens with one attached hydrogen (secondary N) is 1. The quantitative estimate of drug-likeness (QED) is 0.209. The van der Waals surface area contributed by atoms with Crippen molar-refractivity contribution >= 4 is 44.4 Å². The zero-order chi connectivity index (χ0) is 41.5. The number of halogens is 3. The maximum absolute atomic E-state index is 14.8. The van der Waals surface area contributed by atoms with E-state index in [2.05, 4.69) is 9.71 Å². The Labute approximate surface area is 331 Å². The highest BCUT2D eigenvalue weighted by atomic mass is 32.2. The van der Waals surface area contributed by atoms with Crippen molar-refractivity contribution in [1.29, 1.82) is 0 Å². The second-order valence-electron chi connectivity index (χ2n) is 16.7. The van der Waals surface area contributed by atoms with Gasteiger partial charge in [0.1, 0.15) is 11.9 Å². The van der Waals surface area contributed by atoms with Crippen LogP contribution in [0, 0.1) is 29.1 Å². The Bertz CT molecular complexity index is 2020. The van der Waals surface area contributed by atoms with Crippen LogP contribution in [-0.4, -0.2) is 84.2 Å². The van der Waals surface area contributed by atoms with Gasteiger partial charge in [0.2, 0.25) is 27.7 Å². The molecule has 2 aliphatic carbocycles. The molecule has 0 radical (unpaired) electrons. The number of carbonyl (C=O) groups is 4. The molecule has 3 fully saturated rings. The van der Waals surface area contributed by atoms with Crippen molar-refractivity contribution in [3.63, 3.8) is 0 Å². The number of esters is 1. The third kappa shape index (κ3) is 9.10. The molecule has 0 unspecified atom stereocenters. The average molecular weight is 820 g/mol. The zero-order valence-electron chi connectivity index (χ0n) is 33.0. The summed E-state index contributed by atoms with van der Waals surface area (Å²) in [6.45, 7) is 8.15. The second kappa shape index (κ2) is 16.2. The number of ketones is 1. The Kier molecular flexibility index (Phi) is 12.1. The van der Waals surface area contributed by atoms with Crippen LogP contribution < -0.4 is 14.2 Å². The number of hydrogen-bond donors (Lipinski definition) is 1. The van der Waals surface area contributed by atoms with Gasteiger partial charge in [-0.25, -0.2) is 13.4 Å². The number of fused-ring (bicyclic) bond motifs is 3. The van der Waals surface area contributed by atoms with Crippen LogP contribution in [0.15, 0.2) is 42.6 Å². The van der Waals surface area contributed by atoms with Gasteiger partial charge in [-0.3, -0.25) is 23.9 Å². The van der Waals surface area contributed by atoms with E-state index in [-0.39, 0.29) is 37.6 Å². The van der Waals surface area contributed by atoms with Crippen LogP contribution in [0.4, 0.5) is 13.2 Å². The molecule has 312 valence electrons. The van der Waals surface area contributed by atoms with Gasteiger partial charge in [0.05, 0.1) is 47.9 Å². The fraction of sp³-hybridized carbons (Fsp3) is 0.634. The zero-order valence-corrected chi connectivity index (χ0v) is 33.8. The lowest BCUT2D eigenvalue weighted by molar-refractivity contribution is -0.216. The summed E-state index contributed by atoms with van der Waals surface area (Å²) in [5.74, 6) is -4.35. The number of rotatable bonds is 10. The summed E-state index contributed by atoms with van der Waals surface area (Å²) in [5.41, 5.74) is -1.37. The molecule has 6 rings (SSSR count). The van der Waals surface area contributed by atoms with Crippen LogP contribution in [0.2, 0.25) is 0 Å². The number of benzene rings is 1. The molecule has 1 N–H and O–H groups in total. The number of pyridine rings is 1. The minimum absolute atomic E-state index is 0.0184. The molecule has 0 spiro atoms. The lowest BCUT2D eigenvalue weighted by Gasteiger charge is -2.32. The smallest absolute Gasteiger partial charge is 0.425 e. The van der Waals surface area contributed by atoms with Crippen LogP contribution in [0.25, 0.3) is 10.8 Å². The first kappa shape index (κ1) is 42.4. The lowest BCUT2D eigenvalue weighted by atomic mass is 9.82. The summed E-state index contributed by atoms with van der Waals surface area (Å²) >= 11 is 0. The lowest BCUT2D eigenvalue weighted by Crippen LogP contribution is -2.48. The van der Waals surface area contributed by atoms with Crippen LogP contribution in [0.1, 0.15) is 92.4 Å². The standard InChI is InChI=1S/C41H52F3N3O9S/c1-6-54-34-22-45-36(30-14-10-9-13-29(30)34)56-28-18-32-33(48)21-40(38(51)46-57(52,53)39(5)15-16-39)20-27(40)12-8-7-11-24(2)17-25(3)31(37(50)47(32)23-28)19-35(49)55-26(4)41(42,43)44/h8-10,12-14,22,24-28,31-32H,6-7,11,15-21,23H2,1-5H3,(H,46,51)/b12-8-/t24-,25-,26-,27-,28-,31+,32+,40-/m1/s1. The highest BCUT2D eigenvalue weighted by Gasteiger charge is 2.62. The van der Waals surface area contributed by atoms with Gasteiger partial charge >= 0.3 is 12.1 Å². The number of hydrogen-bond acceptors (Lipinski definition) is 10. The van der Waals surface area contributed by atoms with Crippen molar-refractivity contribution in [1.82, 2.24) is 14.6 Å². The maximum Gasteiger partial charge on any atom is 0.425 e. The second-order valence-corrected chi connectivity index (χ2v) is 18.9. The number of aromatic nitrogens is 1. The molecule has 0 bridgehead atoms. The van der Waals surface area contributed by atoms with Gasteiger partial charge in [-0.2, -0.15) is 13.2 Å². The van der Waals surface area contributed by atoms with E-state index >= 15 is 0 Å². The van der Waals surface area contributed by atoms with Crippen molar-refractivity contribution in [2.45, 2.75) is 122 Å². The van der Waals surface area contributed by atoms with Crippen molar-refractivity contribution in [3.05, 3.63) is 42.6 Å². The largest absolute Gasteiger partial charge is 0.492 e. The van der Waals surface area contributed by atoms with Gasteiger partial charge in [-0.15, -0.1) is 0 Å². The first-order valence-electron chi connectivity index (χ1n) is 19.8. The Hall–Kier alpha value is -4.21. The Balaban J connectivity index is 1.35. The first-order chi connectivity index (χ1) is 26.8. The molecule has 4 aliphatic rings. The van der Waals surface area contributed by atoms with Gasteiger partial charge in [0.15, 0.2) is 11.9 Å². The third-order valence-electron chi connectivity index (χ3n) is 12.3. The van der Waals surface area contributed by atoms with E-state index in [1.807, 2.05) is 38.1 Å². The molecule has 1 saturated heterocycles. The summed E-state index contributed by atoms with van der Waals surface area (Å²) in [6, 6.07) is 6.13. The number of nitrogens with zero attached hydrogens (tertiary/aromatic N) is 2. The number of ether oxygens (including phenoxy) is 3. The van der Waals surface area contributed by atoms with Gasteiger partial charge in [-0.05, 0) is 83.1 Å². The Morgan fingerprint density at radius 1 is 1.11 bits per heavy atom. The molecule has 8 atom stereocenters. The number of alkyl halides is 3. The van der Waals surface area contributed by atoms with E-state index in [1.165, 1.54) is 11.1 Å². The molecule has 1 aromatic heterocycles. The molecular formula is C41H52F3N3O9S. The van der Waals surface area contributed by atoms with E-state index < -0.39 is 92.4 Å². The molecule has 2 aliphatic heterocycles. The summed E-state index contributed by atoms with van der Waals surface area (Å²) in [5, 5.41) is 1.36. The Morgan fingerprint density at radius 3 is 2.47 bits per heavy atom. The van der Waals surface area contributed by atoms with Crippen molar-refractivity contribution < 1.29 is 55.0 Å². The molecule has 1 aromatic carbocycles. The number of Topliss-reactive ketones (excluding diaryl/α,β-unsaturated/α-hetero) is 1. The van der Waals surface area contributed by atoms with Crippen LogP contribution in [0.5, 0.6) is 11.6 Å². The molecule has 16 heteroatoms.